The number of carbonyl (C=O) groups excluding carboxylic acids is 2. The van der Waals surface area contributed by atoms with E-state index in [1.165, 1.54) is 0 Å². The van der Waals surface area contributed by atoms with E-state index in [4.69, 9.17) is 0 Å². The van der Waals surface area contributed by atoms with E-state index >= 15 is 0 Å². The number of para-hydroxylation sites is 2. The molecule has 2 aromatic carbocycles. The summed E-state index contributed by atoms with van der Waals surface area (Å²) in [6.45, 7) is 1.04. The van der Waals surface area contributed by atoms with Gasteiger partial charge in [-0.25, -0.2) is 4.98 Å². The fourth-order valence-electron chi connectivity index (χ4n) is 3.07. The van der Waals surface area contributed by atoms with Crippen LogP contribution in [-0.2, 0) is 17.9 Å². The van der Waals surface area contributed by atoms with Gasteiger partial charge in [0.15, 0.2) is 0 Å². The second-order valence-corrected chi connectivity index (χ2v) is 6.36. The molecule has 2 heterocycles. The second-order valence-electron chi connectivity index (χ2n) is 6.36. The zero-order valence-corrected chi connectivity index (χ0v) is 14.4. The number of nitrogens with one attached hydrogen (secondary N) is 3. The van der Waals surface area contributed by atoms with E-state index in [1.807, 2.05) is 36.4 Å². The minimum atomic E-state index is -0.0937. The van der Waals surface area contributed by atoms with Crippen LogP contribution in [0.3, 0.4) is 0 Å². The smallest absolute Gasteiger partial charge is 0.254 e. The molecule has 0 spiro atoms. The van der Waals surface area contributed by atoms with Crippen LogP contribution in [0, 0.1) is 0 Å². The van der Waals surface area contributed by atoms with Crippen LogP contribution in [0.1, 0.15) is 21.7 Å². The van der Waals surface area contributed by atoms with E-state index in [1.54, 1.807) is 18.0 Å². The van der Waals surface area contributed by atoms with Gasteiger partial charge in [-0.15, -0.1) is 0 Å². The summed E-state index contributed by atoms with van der Waals surface area (Å²) in [6, 6.07) is 13.2. The summed E-state index contributed by atoms with van der Waals surface area (Å²) in [5, 5.41) is 5.88. The van der Waals surface area contributed by atoms with Gasteiger partial charge in [0.2, 0.25) is 5.91 Å². The Labute approximate surface area is 150 Å². The fourth-order valence-corrected chi connectivity index (χ4v) is 3.07. The Balaban J connectivity index is 1.52. The van der Waals surface area contributed by atoms with Crippen molar-refractivity contribution in [3.63, 3.8) is 0 Å². The third-order valence-electron chi connectivity index (χ3n) is 4.44. The molecule has 4 rings (SSSR count). The number of fused-ring (bicyclic) bond motifs is 2. The Morgan fingerprint density at radius 1 is 1.15 bits per heavy atom. The first-order chi connectivity index (χ1) is 12.6. The maximum atomic E-state index is 12.8. The number of hydrogen-bond acceptors (Lipinski definition) is 4. The van der Waals surface area contributed by atoms with Gasteiger partial charge in [0.1, 0.15) is 5.82 Å². The minimum Gasteiger partial charge on any atom is -0.376 e. The van der Waals surface area contributed by atoms with Crippen molar-refractivity contribution in [1.29, 1.82) is 0 Å². The van der Waals surface area contributed by atoms with E-state index in [-0.39, 0.29) is 18.4 Å². The maximum absolute atomic E-state index is 12.8. The van der Waals surface area contributed by atoms with E-state index in [9.17, 15) is 9.59 Å². The monoisotopic (exact) mass is 349 g/mol. The number of aromatic amines is 1. The van der Waals surface area contributed by atoms with Crippen LogP contribution in [-0.4, -0.2) is 40.3 Å². The van der Waals surface area contributed by atoms with E-state index in [0.717, 1.165) is 28.1 Å². The van der Waals surface area contributed by atoms with Crippen molar-refractivity contribution in [2.75, 3.05) is 18.9 Å². The summed E-state index contributed by atoms with van der Waals surface area (Å²) in [5.41, 5.74) is 4.20. The molecule has 1 aliphatic heterocycles. The number of carbonyl (C=O) groups is 2. The topological polar surface area (TPSA) is 90.1 Å². The number of imidazole rings is 1. The largest absolute Gasteiger partial charge is 0.376 e. The van der Waals surface area contributed by atoms with Gasteiger partial charge in [0, 0.05) is 24.8 Å². The van der Waals surface area contributed by atoms with Crippen LogP contribution in [0.25, 0.3) is 11.0 Å². The predicted octanol–water partition coefficient (Wildman–Crippen LogP) is 1.88. The number of nitrogens with zero attached hydrogens (tertiary/aromatic N) is 2. The van der Waals surface area contributed by atoms with Crippen LogP contribution < -0.4 is 10.6 Å². The standard InChI is InChI=1S/C19H19N5O2/c1-24(11-17-22-15-4-2-3-5-16(15)23-17)19(26)12-6-7-14-13(8-12)9-21-18(25)10-20-14/h2-8,20H,9-11H2,1H3,(H,21,25)(H,22,23). The molecule has 0 fully saturated rings. The van der Waals surface area contributed by atoms with Crippen molar-refractivity contribution in [1.82, 2.24) is 20.2 Å². The maximum Gasteiger partial charge on any atom is 0.254 e. The van der Waals surface area contributed by atoms with Gasteiger partial charge in [-0.05, 0) is 35.9 Å². The summed E-state index contributed by atoms with van der Waals surface area (Å²) in [6.07, 6.45) is 0. The minimum absolute atomic E-state index is 0.0592. The molecule has 0 saturated heterocycles. The van der Waals surface area contributed by atoms with E-state index in [0.29, 0.717) is 18.7 Å². The average molecular weight is 349 g/mol. The Hall–Kier alpha value is -3.35. The molecule has 2 amide bonds. The highest BCUT2D eigenvalue weighted by atomic mass is 16.2. The molecule has 0 atom stereocenters. The molecule has 3 aromatic rings. The molecule has 0 bridgehead atoms. The number of benzene rings is 2. The van der Waals surface area contributed by atoms with E-state index < -0.39 is 0 Å². The van der Waals surface area contributed by atoms with Gasteiger partial charge in [-0.1, -0.05) is 12.1 Å². The highest BCUT2D eigenvalue weighted by Crippen LogP contribution is 2.20. The number of anilines is 1. The average Bonchev–Trinajstić information content (AvgIpc) is 2.96. The summed E-state index contributed by atoms with van der Waals surface area (Å²) < 4.78 is 0. The van der Waals surface area contributed by atoms with Crippen LogP contribution in [0.15, 0.2) is 42.5 Å². The van der Waals surface area contributed by atoms with Gasteiger partial charge in [0.05, 0.1) is 24.1 Å². The number of H-pyrrole nitrogens is 1. The predicted molar refractivity (Wildman–Crippen MR) is 98.7 cm³/mol. The highest BCUT2D eigenvalue weighted by Gasteiger charge is 2.17. The van der Waals surface area contributed by atoms with Gasteiger partial charge in [-0.2, -0.15) is 0 Å². The summed E-state index contributed by atoms with van der Waals surface area (Å²) in [4.78, 5) is 33.6. The van der Waals surface area contributed by atoms with E-state index in [2.05, 4.69) is 20.6 Å². The first-order valence-electron chi connectivity index (χ1n) is 8.43. The van der Waals surface area contributed by atoms with Crippen LogP contribution in [0.2, 0.25) is 0 Å². The van der Waals surface area contributed by atoms with Gasteiger partial charge >= 0.3 is 0 Å². The SMILES string of the molecule is CN(Cc1nc2ccccc2[nH]1)C(=O)c1ccc2c(c1)CNC(=O)CN2. The number of hydrogen-bond donors (Lipinski definition) is 3. The third kappa shape index (κ3) is 3.11. The molecule has 1 aromatic heterocycles. The lowest BCUT2D eigenvalue weighted by Gasteiger charge is -2.17. The van der Waals surface area contributed by atoms with Crippen molar-refractivity contribution in [3.05, 3.63) is 59.4 Å². The summed E-state index contributed by atoms with van der Waals surface area (Å²) in [5.74, 6) is 0.589. The molecule has 3 N–H and O–H groups in total. The zero-order valence-electron chi connectivity index (χ0n) is 14.4. The molecule has 7 nitrogen and oxygen atoms in total. The van der Waals surface area contributed by atoms with Crippen LogP contribution in [0.4, 0.5) is 5.69 Å². The molecule has 7 heteroatoms. The normalized spacial score (nSPS) is 13.5. The Morgan fingerprint density at radius 2 is 2.00 bits per heavy atom. The molecular weight excluding hydrogens is 330 g/mol. The molecule has 0 radical (unpaired) electrons. The van der Waals surface area contributed by atoms with Crippen molar-refractivity contribution >= 4 is 28.5 Å². The second kappa shape index (κ2) is 6.51. The summed E-state index contributed by atoms with van der Waals surface area (Å²) in [7, 11) is 1.75. The highest BCUT2D eigenvalue weighted by molar-refractivity contribution is 5.95. The van der Waals surface area contributed by atoms with Crippen molar-refractivity contribution in [3.8, 4) is 0 Å². The molecule has 26 heavy (non-hydrogen) atoms. The number of amides is 2. The molecule has 1 aliphatic rings. The fraction of sp³-hybridized carbons (Fsp3) is 0.211. The lowest BCUT2D eigenvalue weighted by atomic mass is 10.1. The van der Waals surface area contributed by atoms with Crippen molar-refractivity contribution < 1.29 is 9.59 Å². The lowest BCUT2D eigenvalue weighted by molar-refractivity contribution is -0.119. The third-order valence-corrected chi connectivity index (χ3v) is 4.44. The number of aromatic nitrogens is 2. The van der Waals surface area contributed by atoms with Gasteiger partial charge < -0.3 is 20.5 Å². The first-order valence-corrected chi connectivity index (χ1v) is 8.43. The molecular formula is C19H19N5O2. The quantitative estimate of drug-likeness (QED) is 0.673. The van der Waals surface area contributed by atoms with Gasteiger partial charge in [0.25, 0.3) is 5.91 Å². The Bertz CT molecular complexity index is 962. The van der Waals surface area contributed by atoms with Crippen LogP contribution in [0.5, 0.6) is 0 Å². The first kappa shape index (κ1) is 16.1. The van der Waals surface area contributed by atoms with Gasteiger partial charge in [-0.3, -0.25) is 9.59 Å². The number of rotatable bonds is 3. The lowest BCUT2D eigenvalue weighted by Crippen LogP contribution is -2.27. The zero-order chi connectivity index (χ0) is 18.1. The van der Waals surface area contributed by atoms with Crippen molar-refractivity contribution in [2.45, 2.75) is 13.1 Å². The Kier molecular flexibility index (Phi) is 4.04. The molecule has 0 aliphatic carbocycles. The van der Waals surface area contributed by atoms with Crippen molar-refractivity contribution in [2.24, 2.45) is 0 Å². The van der Waals surface area contributed by atoms with Crippen LogP contribution >= 0.6 is 0 Å². The molecule has 132 valence electrons. The Morgan fingerprint density at radius 3 is 2.85 bits per heavy atom. The molecule has 0 saturated carbocycles. The molecule has 0 unspecified atom stereocenters. The summed E-state index contributed by atoms with van der Waals surface area (Å²) >= 11 is 0.